The Hall–Kier alpha value is -2.98. The Balaban J connectivity index is 1.45. The van der Waals surface area contributed by atoms with Gasteiger partial charge in [-0.15, -0.1) is 0 Å². The summed E-state index contributed by atoms with van der Waals surface area (Å²) < 4.78 is 5.80. The normalized spacial score (nSPS) is 15.6. The zero-order valence-corrected chi connectivity index (χ0v) is 14.7. The molecular formula is C21H17ClN2O2. The summed E-state index contributed by atoms with van der Waals surface area (Å²) in [6, 6.07) is 22.7. The number of halogens is 1. The molecule has 0 saturated heterocycles. The summed E-state index contributed by atoms with van der Waals surface area (Å²) in [5.41, 5.74) is 3.39. The number of hydrogen-bond acceptors (Lipinski definition) is 3. The van der Waals surface area contributed by atoms with E-state index in [0.717, 1.165) is 22.6 Å². The Bertz CT molecular complexity index is 941. The Kier molecular flexibility index (Phi) is 4.50. The molecule has 0 unspecified atom stereocenters. The number of carbonyl (C=O) groups excluding carboxylic acids is 1. The minimum Gasteiger partial charge on any atom is -0.489 e. The maximum Gasteiger partial charge on any atom is 0.255 e. The zero-order valence-electron chi connectivity index (χ0n) is 13.9. The Morgan fingerprint density at radius 3 is 2.42 bits per heavy atom. The number of nitrogens with one attached hydrogen (secondary N) is 2. The number of amides is 1. The Labute approximate surface area is 156 Å². The summed E-state index contributed by atoms with van der Waals surface area (Å²) in [6.07, 6.45) is -0.269. The first kappa shape index (κ1) is 16.5. The van der Waals surface area contributed by atoms with Crippen LogP contribution in [-0.4, -0.2) is 5.91 Å². The van der Waals surface area contributed by atoms with Crippen molar-refractivity contribution < 1.29 is 9.53 Å². The lowest BCUT2D eigenvalue weighted by atomic mass is 10.1. The van der Waals surface area contributed by atoms with Gasteiger partial charge < -0.3 is 15.4 Å². The molecule has 0 spiro atoms. The summed E-state index contributed by atoms with van der Waals surface area (Å²) in [4.78, 5) is 12.2. The highest BCUT2D eigenvalue weighted by molar-refractivity contribution is 6.31. The van der Waals surface area contributed by atoms with Gasteiger partial charge in [-0.2, -0.15) is 0 Å². The van der Waals surface area contributed by atoms with E-state index in [-0.39, 0.29) is 12.1 Å². The first-order valence-electron chi connectivity index (χ1n) is 8.33. The predicted molar refractivity (Wildman–Crippen MR) is 102 cm³/mol. The van der Waals surface area contributed by atoms with Gasteiger partial charge in [-0.1, -0.05) is 54.1 Å². The van der Waals surface area contributed by atoms with Crippen LogP contribution in [0.3, 0.4) is 0 Å². The molecule has 4 nitrogen and oxygen atoms in total. The van der Waals surface area contributed by atoms with Gasteiger partial charge in [0, 0.05) is 16.3 Å². The van der Waals surface area contributed by atoms with E-state index in [4.69, 9.17) is 16.3 Å². The third-order valence-electron chi connectivity index (χ3n) is 4.31. The topological polar surface area (TPSA) is 50.4 Å². The Morgan fingerprint density at radius 1 is 0.885 bits per heavy atom. The predicted octanol–water partition coefficient (Wildman–Crippen LogP) is 4.77. The van der Waals surface area contributed by atoms with Crippen LogP contribution in [0.2, 0.25) is 5.02 Å². The maximum atomic E-state index is 12.2. The fraction of sp³-hybridized carbons (Fsp3) is 0.0952. The van der Waals surface area contributed by atoms with Crippen LogP contribution in [0.15, 0.2) is 72.8 Å². The smallest absolute Gasteiger partial charge is 0.255 e. The van der Waals surface area contributed by atoms with Crippen LogP contribution in [0.25, 0.3) is 0 Å². The lowest BCUT2D eigenvalue weighted by Gasteiger charge is -2.28. The average molecular weight is 365 g/mol. The van der Waals surface area contributed by atoms with Crippen molar-refractivity contribution in [2.45, 2.75) is 12.8 Å². The van der Waals surface area contributed by atoms with E-state index in [1.165, 1.54) is 0 Å². The largest absolute Gasteiger partial charge is 0.489 e. The molecule has 0 radical (unpaired) electrons. The monoisotopic (exact) mass is 364 g/mol. The van der Waals surface area contributed by atoms with Crippen molar-refractivity contribution in [2.75, 3.05) is 5.32 Å². The number of fused-ring (bicyclic) bond motifs is 1. The second-order valence-corrected chi connectivity index (χ2v) is 6.45. The average Bonchev–Trinajstić information content (AvgIpc) is 2.68. The van der Waals surface area contributed by atoms with Crippen LogP contribution in [0, 0.1) is 0 Å². The van der Waals surface area contributed by atoms with Crippen molar-refractivity contribution in [3.63, 3.8) is 0 Å². The van der Waals surface area contributed by atoms with Crippen molar-refractivity contribution in [2.24, 2.45) is 0 Å². The van der Waals surface area contributed by atoms with E-state index >= 15 is 0 Å². The fourth-order valence-electron chi connectivity index (χ4n) is 2.91. The zero-order chi connectivity index (χ0) is 17.9. The van der Waals surface area contributed by atoms with E-state index in [0.29, 0.717) is 17.2 Å². The molecule has 0 fully saturated rings. The molecule has 5 heteroatoms. The van der Waals surface area contributed by atoms with Gasteiger partial charge in [0.05, 0.1) is 5.56 Å². The molecule has 1 aliphatic heterocycles. The lowest BCUT2D eigenvalue weighted by Crippen LogP contribution is -2.38. The second-order valence-electron chi connectivity index (χ2n) is 6.05. The molecule has 1 atom stereocenters. The van der Waals surface area contributed by atoms with Crippen LogP contribution < -0.4 is 15.4 Å². The Morgan fingerprint density at radius 2 is 1.62 bits per heavy atom. The highest BCUT2D eigenvalue weighted by Gasteiger charge is 2.23. The van der Waals surface area contributed by atoms with Crippen molar-refractivity contribution in [3.05, 3.63) is 94.5 Å². The van der Waals surface area contributed by atoms with Crippen molar-refractivity contribution in [3.8, 4) is 5.75 Å². The maximum absolute atomic E-state index is 12.2. The number of hydrogen-bond donors (Lipinski definition) is 2. The summed E-state index contributed by atoms with van der Waals surface area (Å²) in [7, 11) is 0. The first-order chi connectivity index (χ1) is 12.7. The van der Waals surface area contributed by atoms with Crippen molar-refractivity contribution in [1.29, 1.82) is 0 Å². The molecule has 0 aromatic heterocycles. The van der Waals surface area contributed by atoms with Gasteiger partial charge in [-0.3, -0.25) is 4.79 Å². The van der Waals surface area contributed by atoms with Crippen molar-refractivity contribution >= 4 is 23.2 Å². The standard InChI is InChI=1S/C21H17ClN2O2/c22-18-7-3-1-5-15(18)13-26-16-11-9-14(10-12-16)20-23-19-8-4-2-6-17(19)21(25)24-20/h1-12,20,23H,13H2,(H,24,25)/t20-/m1/s1. The van der Waals surface area contributed by atoms with Crippen LogP contribution >= 0.6 is 11.6 Å². The molecule has 4 rings (SSSR count). The van der Waals surface area contributed by atoms with Gasteiger partial charge in [-0.25, -0.2) is 0 Å². The molecular weight excluding hydrogens is 348 g/mol. The third kappa shape index (κ3) is 3.37. The van der Waals surface area contributed by atoms with Gasteiger partial charge in [0.1, 0.15) is 18.5 Å². The van der Waals surface area contributed by atoms with Gasteiger partial charge in [-0.05, 0) is 35.9 Å². The summed E-state index contributed by atoms with van der Waals surface area (Å²) >= 11 is 6.14. The number of carbonyl (C=O) groups is 1. The molecule has 130 valence electrons. The third-order valence-corrected chi connectivity index (χ3v) is 4.68. The molecule has 3 aromatic carbocycles. The quantitative estimate of drug-likeness (QED) is 0.700. The van der Waals surface area contributed by atoms with E-state index in [1.807, 2.05) is 66.7 Å². The first-order valence-corrected chi connectivity index (χ1v) is 8.71. The number of ether oxygens (including phenoxy) is 1. The molecule has 1 heterocycles. The summed E-state index contributed by atoms with van der Waals surface area (Å²) in [6.45, 7) is 0.408. The van der Waals surface area contributed by atoms with Crippen LogP contribution in [0.5, 0.6) is 5.75 Å². The van der Waals surface area contributed by atoms with Crippen molar-refractivity contribution in [1.82, 2.24) is 5.32 Å². The minimum atomic E-state index is -0.269. The fourth-order valence-corrected chi connectivity index (χ4v) is 3.10. The number of rotatable bonds is 4. The van der Waals surface area contributed by atoms with E-state index < -0.39 is 0 Å². The van der Waals surface area contributed by atoms with Crippen LogP contribution in [0.1, 0.15) is 27.7 Å². The molecule has 0 saturated carbocycles. The SMILES string of the molecule is O=C1N[C@H](c2ccc(OCc3ccccc3Cl)cc2)Nc2ccccc21. The molecule has 1 aliphatic rings. The number of benzene rings is 3. The molecule has 0 bridgehead atoms. The van der Waals surface area contributed by atoms with E-state index in [1.54, 1.807) is 6.07 Å². The minimum absolute atomic E-state index is 0.0802. The van der Waals surface area contributed by atoms with Gasteiger partial charge in [0.2, 0.25) is 0 Å². The molecule has 26 heavy (non-hydrogen) atoms. The number of para-hydroxylation sites is 1. The van der Waals surface area contributed by atoms with E-state index in [2.05, 4.69) is 10.6 Å². The second kappa shape index (κ2) is 7.10. The molecule has 0 aliphatic carbocycles. The highest BCUT2D eigenvalue weighted by atomic mass is 35.5. The van der Waals surface area contributed by atoms with E-state index in [9.17, 15) is 4.79 Å². The van der Waals surface area contributed by atoms with Gasteiger partial charge in [0.15, 0.2) is 0 Å². The molecule has 1 amide bonds. The molecule has 2 N–H and O–H groups in total. The van der Waals surface area contributed by atoms with Crippen LogP contribution in [-0.2, 0) is 6.61 Å². The van der Waals surface area contributed by atoms with Gasteiger partial charge in [0.25, 0.3) is 5.91 Å². The summed E-state index contributed by atoms with van der Waals surface area (Å²) in [5.74, 6) is 0.666. The molecule has 3 aromatic rings. The highest BCUT2D eigenvalue weighted by Crippen LogP contribution is 2.27. The lowest BCUT2D eigenvalue weighted by molar-refractivity contribution is 0.0935. The number of anilines is 1. The summed E-state index contributed by atoms with van der Waals surface area (Å²) in [5, 5.41) is 7.00. The van der Waals surface area contributed by atoms with Crippen LogP contribution in [0.4, 0.5) is 5.69 Å². The van der Waals surface area contributed by atoms with Gasteiger partial charge >= 0.3 is 0 Å².